The Kier molecular flexibility index (Phi) is 5.05. The molecule has 1 aromatic rings. The van der Waals surface area contributed by atoms with Gasteiger partial charge in [-0.3, -0.25) is 0 Å². The average molecular weight is 331 g/mol. The van der Waals surface area contributed by atoms with E-state index in [1.54, 1.807) is 25.7 Å². The summed E-state index contributed by atoms with van der Waals surface area (Å²) in [6.45, 7) is 5.27. The lowest BCUT2D eigenvalue weighted by Gasteiger charge is -2.31. The predicted octanol–water partition coefficient (Wildman–Crippen LogP) is 3.45. The highest BCUT2D eigenvalue weighted by molar-refractivity contribution is 6.70. The molecule has 1 unspecified atom stereocenters. The van der Waals surface area contributed by atoms with E-state index in [2.05, 4.69) is 4.74 Å². The smallest absolute Gasteiger partial charge is 0.416 e. The van der Waals surface area contributed by atoms with Gasteiger partial charge in [0.1, 0.15) is 6.07 Å². The first-order chi connectivity index (χ1) is 9.96. The van der Waals surface area contributed by atoms with E-state index < -0.39 is 31.6 Å². The van der Waals surface area contributed by atoms with Gasteiger partial charge in [-0.15, -0.1) is 0 Å². The Labute approximate surface area is 127 Å². The third-order valence-electron chi connectivity index (χ3n) is 2.71. The van der Waals surface area contributed by atoms with Crippen molar-refractivity contribution in [1.29, 1.82) is 5.26 Å². The van der Waals surface area contributed by atoms with Gasteiger partial charge >= 0.3 is 12.1 Å². The molecule has 0 fully saturated rings. The number of methoxy groups -OCH3 is 1. The molecule has 0 heterocycles. The summed E-state index contributed by atoms with van der Waals surface area (Å²) in [5.41, 5.74) is -2.93. The minimum absolute atomic E-state index is 0.0114. The summed E-state index contributed by atoms with van der Waals surface area (Å²) in [6, 6.07) is 5.48. The van der Waals surface area contributed by atoms with Crippen LogP contribution < -0.4 is 0 Å². The lowest BCUT2D eigenvalue weighted by Crippen LogP contribution is -2.46. The zero-order chi connectivity index (χ0) is 17.2. The van der Waals surface area contributed by atoms with Gasteiger partial charge in [0.05, 0.1) is 12.7 Å². The normalized spacial score (nSPS) is 14.8. The van der Waals surface area contributed by atoms with E-state index in [0.717, 1.165) is 31.4 Å². The maximum atomic E-state index is 12.6. The van der Waals surface area contributed by atoms with Gasteiger partial charge in [-0.25, -0.2) is 4.79 Å². The first kappa shape index (κ1) is 18.2. The standard InChI is InChI=1S/C14H16F3NO3Si/c1-20-12(19)13(9-18,21-22(2,3)4)10-5-7-11(8-6-10)14(15,16)17/h5-8H,1-4H3. The van der Waals surface area contributed by atoms with Gasteiger partial charge in [-0.2, -0.15) is 18.4 Å². The zero-order valence-corrected chi connectivity index (χ0v) is 13.6. The lowest BCUT2D eigenvalue weighted by molar-refractivity contribution is -0.155. The van der Waals surface area contributed by atoms with Gasteiger partial charge in [0.25, 0.3) is 5.60 Å². The van der Waals surface area contributed by atoms with Gasteiger partial charge in [0, 0.05) is 5.56 Å². The van der Waals surface area contributed by atoms with Crippen molar-refractivity contribution in [2.24, 2.45) is 0 Å². The van der Waals surface area contributed by atoms with Crippen molar-refractivity contribution in [3.05, 3.63) is 35.4 Å². The molecule has 0 bridgehead atoms. The Morgan fingerprint density at radius 1 is 1.14 bits per heavy atom. The van der Waals surface area contributed by atoms with Gasteiger partial charge in [-0.1, -0.05) is 12.1 Å². The second-order valence-corrected chi connectivity index (χ2v) is 10.0. The molecule has 4 nitrogen and oxygen atoms in total. The molecule has 22 heavy (non-hydrogen) atoms. The molecule has 0 saturated heterocycles. The first-order valence-electron chi connectivity index (χ1n) is 6.34. The third-order valence-corrected chi connectivity index (χ3v) is 3.63. The molecular formula is C14H16F3NO3Si. The van der Waals surface area contributed by atoms with Crippen LogP contribution in [0.2, 0.25) is 19.6 Å². The summed E-state index contributed by atoms with van der Waals surface area (Å²) in [7, 11) is -1.28. The highest BCUT2D eigenvalue weighted by Crippen LogP contribution is 2.34. The lowest BCUT2D eigenvalue weighted by atomic mass is 9.94. The van der Waals surface area contributed by atoms with Crippen molar-refractivity contribution < 1.29 is 27.1 Å². The maximum absolute atomic E-state index is 12.6. The fourth-order valence-electron chi connectivity index (χ4n) is 1.85. The summed E-state index contributed by atoms with van der Waals surface area (Å²) >= 11 is 0. The van der Waals surface area contributed by atoms with Crippen LogP contribution in [-0.4, -0.2) is 21.4 Å². The van der Waals surface area contributed by atoms with Crippen molar-refractivity contribution in [3.63, 3.8) is 0 Å². The van der Waals surface area contributed by atoms with Crippen molar-refractivity contribution >= 4 is 14.3 Å². The number of alkyl halides is 3. The number of nitriles is 1. The molecule has 1 aromatic carbocycles. The van der Waals surface area contributed by atoms with Crippen LogP contribution in [0.1, 0.15) is 11.1 Å². The van der Waals surface area contributed by atoms with E-state index in [4.69, 9.17) is 4.43 Å². The molecule has 0 radical (unpaired) electrons. The number of carbonyl (C=O) groups is 1. The monoisotopic (exact) mass is 331 g/mol. The van der Waals surface area contributed by atoms with Crippen molar-refractivity contribution in [2.75, 3.05) is 7.11 Å². The number of carbonyl (C=O) groups excluding carboxylic acids is 1. The Bertz CT molecular complexity index is 587. The Hall–Kier alpha value is -1.85. The summed E-state index contributed by atoms with van der Waals surface area (Å²) in [6.07, 6.45) is -4.50. The zero-order valence-electron chi connectivity index (χ0n) is 12.6. The molecule has 0 N–H and O–H groups in total. The molecule has 0 saturated carbocycles. The topological polar surface area (TPSA) is 59.3 Å². The molecule has 0 amide bonds. The molecule has 120 valence electrons. The third kappa shape index (κ3) is 3.87. The second-order valence-electron chi connectivity index (χ2n) is 5.57. The van der Waals surface area contributed by atoms with Gasteiger partial charge in [-0.05, 0) is 31.8 Å². The minimum Gasteiger partial charge on any atom is -0.466 e. The van der Waals surface area contributed by atoms with Crippen LogP contribution in [0.25, 0.3) is 0 Å². The number of ether oxygens (including phenoxy) is 1. The van der Waals surface area contributed by atoms with Crippen LogP contribution in [0, 0.1) is 11.3 Å². The number of hydrogen-bond donors (Lipinski definition) is 0. The molecular weight excluding hydrogens is 315 g/mol. The van der Waals surface area contributed by atoms with Crippen LogP contribution in [-0.2, 0) is 25.7 Å². The largest absolute Gasteiger partial charge is 0.466 e. The number of hydrogen-bond acceptors (Lipinski definition) is 4. The molecule has 0 aliphatic rings. The van der Waals surface area contributed by atoms with Crippen molar-refractivity contribution in [2.45, 2.75) is 31.4 Å². The molecule has 1 rings (SSSR count). The number of benzene rings is 1. The van der Waals surface area contributed by atoms with Crippen LogP contribution in [0.15, 0.2) is 24.3 Å². The minimum atomic E-state index is -4.50. The SMILES string of the molecule is COC(=O)C(C#N)(O[Si](C)(C)C)c1ccc(C(F)(F)F)cc1. The summed E-state index contributed by atoms with van der Waals surface area (Å²) in [5, 5.41) is 9.45. The fraction of sp³-hybridized carbons (Fsp3) is 0.429. The highest BCUT2D eigenvalue weighted by Gasteiger charge is 2.47. The van der Waals surface area contributed by atoms with Crippen LogP contribution >= 0.6 is 0 Å². The van der Waals surface area contributed by atoms with E-state index in [1.165, 1.54) is 0 Å². The molecule has 8 heteroatoms. The van der Waals surface area contributed by atoms with E-state index in [9.17, 15) is 23.2 Å². The van der Waals surface area contributed by atoms with Crippen LogP contribution in [0.3, 0.4) is 0 Å². The quantitative estimate of drug-likeness (QED) is 0.626. The summed E-state index contributed by atoms with van der Waals surface area (Å²) in [4.78, 5) is 12.1. The summed E-state index contributed by atoms with van der Waals surface area (Å²) in [5.74, 6) is -0.961. The highest BCUT2D eigenvalue weighted by atomic mass is 28.4. The molecule has 0 aliphatic carbocycles. The molecule has 1 atom stereocenters. The van der Waals surface area contributed by atoms with E-state index in [-0.39, 0.29) is 5.56 Å². The van der Waals surface area contributed by atoms with Gasteiger partial charge in [0.2, 0.25) is 0 Å². The van der Waals surface area contributed by atoms with Gasteiger partial charge in [0.15, 0.2) is 8.32 Å². The number of rotatable bonds is 4. The van der Waals surface area contributed by atoms with Crippen molar-refractivity contribution in [1.82, 2.24) is 0 Å². The average Bonchev–Trinajstić information content (AvgIpc) is 2.42. The first-order valence-corrected chi connectivity index (χ1v) is 9.74. The Balaban J connectivity index is 3.40. The number of nitrogens with zero attached hydrogens (tertiary/aromatic N) is 1. The second kappa shape index (κ2) is 6.10. The van der Waals surface area contributed by atoms with E-state index in [1.807, 2.05) is 0 Å². The van der Waals surface area contributed by atoms with Crippen LogP contribution in [0.4, 0.5) is 13.2 Å². The number of halogens is 3. The molecule has 0 aromatic heterocycles. The van der Waals surface area contributed by atoms with Crippen LogP contribution in [0.5, 0.6) is 0 Å². The van der Waals surface area contributed by atoms with Gasteiger partial charge < -0.3 is 9.16 Å². The maximum Gasteiger partial charge on any atom is 0.416 e. The molecule has 0 aliphatic heterocycles. The Morgan fingerprint density at radius 3 is 1.91 bits per heavy atom. The van der Waals surface area contributed by atoms with Crippen molar-refractivity contribution in [3.8, 4) is 6.07 Å². The van der Waals surface area contributed by atoms with E-state index >= 15 is 0 Å². The number of esters is 1. The predicted molar refractivity (Wildman–Crippen MR) is 75.2 cm³/mol. The van der Waals surface area contributed by atoms with E-state index in [0.29, 0.717) is 0 Å². The molecule has 0 spiro atoms. The fourth-order valence-corrected chi connectivity index (χ4v) is 3.01. The Morgan fingerprint density at radius 2 is 1.59 bits per heavy atom. The summed E-state index contributed by atoms with van der Waals surface area (Å²) < 4.78 is 48.1.